The number of methoxy groups -OCH3 is 1. The number of aryl methyl sites for hydroxylation is 1. The summed E-state index contributed by atoms with van der Waals surface area (Å²) in [6.45, 7) is 4.04. The molecule has 1 aromatic carbocycles. The molecular formula is C16H26O2. The summed E-state index contributed by atoms with van der Waals surface area (Å²) in [5.41, 5.74) is 1.39. The highest BCUT2D eigenvalue weighted by molar-refractivity contribution is 5.27. The Hall–Kier alpha value is -1.02. The second kappa shape index (κ2) is 9.95. The molecule has 0 bridgehead atoms. The highest BCUT2D eigenvalue weighted by Crippen LogP contribution is 2.13. The zero-order valence-electron chi connectivity index (χ0n) is 11.8. The molecule has 0 aliphatic heterocycles. The lowest BCUT2D eigenvalue weighted by Crippen LogP contribution is -1.97. The summed E-state index contributed by atoms with van der Waals surface area (Å²) in [5, 5.41) is 0. The molecule has 0 amide bonds. The lowest BCUT2D eigenvalue weighted by molar-refractivity contribution is 0.127. The largest absolute Gasteiger partial charge is 0.497 e. The Morgan fingerprint density at radius 2 is 1.61 bits per heavy atom. The van der Waals surface area contributed by atoms with Crippen LogP contribution in [0.3, 0.4) is 0 Å². The van der Waals surface area contributed by atoms with Crippen molar-refractivity contribution >= 4 is 0 Å². The molecule has 18 heavy (non-hydrogen) atoms. The molecule has 1 aromatic rings. The van der Waals surface area contributed by atoms with Crippen LogP contribution in [0.2, 0.25) is 0 Å². The molecule has 2 heteroatoms. The fourth-order valence-corrected chi connectivity index (χ4v) is 1.85. The molecule has 0 spiro atoms. The third kappa shape index (κ3) is 6.65. The van der Waals surface area contributed by atoms with Crippen molar-refractivity contribution in [3.05, 3.63) is 29.8 Å². The van der Waals surface area contributed by atoms with Crippen LogP contribution in [0.5, 0.6) is 5.75 Å². The third-order valence-corrected chi connectivity index (χ3v) is 3.06. The first-order chi connectivity index (χ1) is 8.86. The van der Waals surface area contributed by atoms with Crippen LogP contribution in [0.4, 0.5) is 0 Å². The van der Waals surface area contributed by atoms with Gasteiger partial charge in [-0.05, 0) is 43.4 Å². The van der Waals surface area contributed by atoms with E-state index in [4.69, 9.17) is 9.47 Å². The minimum Gasteiger partial charge on any atom is -0.497 e. The van der Waals surface area contributed by atoms with Gasteiger partial charge in [0.25, 0.3) is 0 Å². The van der Waals surface area contributed by atoms with Crippen LogP contribution < -0.4 is 4.74 Å². The number of unbranched alkanes of at least 4 members (excludes halogenated alkanes) is 3. The van der Waals surface area contributed by atoms with Gasteiger partial charge in [0.2, 0.25) is 0 Å². The van der Waals surface area contributed by atoms with E-state index in [9.17, 15) is 0 Å². The van der Waals surface area contributed by atoms with Crippen LogP contribution in [0.25, 0.3) is 0 Å². The predicted molar refractivity (Wildman–Crippen MR) is 76.3 cm³/mol. The maximum atomic E-state index is 5.54. The summed E-state index contributed by atoms with van der Waals surface area (Å²) < 4.78 is 10.7. The van der Waals surface area contributed by atoms with Gasteiger partial charge in [0, 0.05) is 13.2 Å². The van der Waals surface area contributed by atoms with Crippen LogP contribution in [0, 0.1) is 0 Å². The highest BCUT2D eigenvalue weighted by atomic mass is 16.5. The van der Waals surface area contributed by atoms with Gasteiger partial charge in [-0.1, -0.05) is 31.9 Å². The molecule has 0 N–H and O–H groups in total. The molecule has 0 heterocycles. The first kappa shape index (κ1) is 15.0. The average Bonchev–Trinajstić information content (AvgIpc) is 2.42. The lowest BCUT2D eigenvalue weighted by atomic mass is 10.1. The number of hydrogen-bond acceptors (Lipinski definition) is 2. The number of rotatable bonds is 10. The van der Waals surface area contributed by atoms with E-state index in [-0.39, 0.29) is 0 Å². The molecule has 0 fully saturated rings. The van der Waals surface area contributed by atoms with Crippen molar-refractivity contribution in [3.8, 4) is 5.75 Å². The van der Waals surface area contributed by atoms with E-state index >= 15 is 0 Å². The Balaban J connectivity index is 2.00. The van der Waals surface area contributed by atoms with Crippen molar-refractivity contribution in [2.75, 3.05) is 20.3 Å². The molecule has 0 aliphatic rings. The van der Waals surface area contributed by atoms with E-state index in [2.05, 4.69) is 19.1 Å². The first-order valence-corrected chi connectivity index (χ1v) is 7.07. The third-order valence-electron chi connectivity index (χ3n) is 3.06. The molecule has 102 valence electrons. The van der Waals surface area contributed by atoms with Crippen LogP contribution in [0.1, 0.15) is 44.6 Å². The Bertz CT molecular complexity index is 292. The number of hydrogen-bond donors (Lipinski definition) is 0. The summed E-state index contributed by atoms with van der Waals surface area (Å²) in [6, 6.07) is 8.36. The minimum atomic E-state index is 0.919. The van der Waals surface area contributed by atoms with Gasteiger partial charge in [0.15, 0.2) is 0 Å². The number of benzene rings is 1. The van der Waals surface area contributed by atoms with Crippen molar-refractivity contribution in [2.45, 2.75) is 45.4 Å². The van der Waals surface area contributed by atoms with E-state index in [1.165, 1.54) is 37.7 Å². The second-order valence-electron chi connectivity index (χ2n) is 4.62. The van der Waals surface area contributed by atoms with Gasteiger partial charge in [-0.25, -0.2) is 0 Å². The van der Waals surface area contributed by atoms with Crippen molar-refractivity contribution in [1.82, 2.24) is 0 Å². The average molecular weight is 250 g/mol. The second-order valence-corrected chi connectivity index (χ2v) is 4.62. The van der Waals surface area contributed by atoms with Gasteiger partial charge < -0.3 is 9.47 Å². The number of ether oxygens (including phenoxy) is 2. The molecule has 2 nitrogen and oxygen atoms in total. The Morgan fingerprint density at radius 3 is 2.28 bits per heavy atom. The predicted octanol–water partition coefficient (Wildman–Crippen LogP) is 4.22. The fraction of sp³-hybridized carbons (Fsp3) is 0.625. The Morgan fingerprint density at radius 1 is 0.889 bits per heavy atom. The molecular weight excluding hydrogens is 224 g/mol. The van der Waals surface area contributed by atoms with Crippen molar-refractivity contribution in [2.24, 2.45) is 0 Å². The van der Waals surface area contributed by atoms with Gasteiger partial charge in [-0.3, -0.25) is 0 Å². The summed E-state index contributed by atoms with van der Waals surface area (Å²) >= 11 is 0. The van der Waals surface area contributed by atoms with E-state index in [0.717, 1.165) is 25.4 Å². The maximum Gasteiger partial charge on any atom is 0.118 e. The quantitative estimate of drug-likeness (QED) is 0.579. The molecule has 0 saturated carbocycles. The van der Waals surface area contributed by atoms with Gasteiger partial charge in [-0.2, -0.15) is 0 Å². The minimum absolute atomic E-state index is 0.919. The van der Waals surface area contributed by atoms with Crippen LogP contribution in [0.15, 0.2) is 24.3 Å². The molecule has 0 aliphatic carbocycles. The van der Waals surface area contributed by atoms with E-state index in [1.54, 1.807) is 7.11 Å². The molecule has 1 rings (SSSR count). The SMILES string of the molecule is CCCCOCCCCCc1ccc(OC)cc1. The van der Waals surface area contributed by atoms with E-state index < -0.39 is 0 Å². The topological polar surface area (TPSA) is 18.5 Å². The fourth-order valence-electron chi connectivity index (χ4n) is 1.85. The molecule has 0 unspecified atom stereocenters. The summed E-state index contributed by atoms with van der Waals surface area (Å²) in [7, 11) is 1.70. The van der Waals surface area contributed by atoms with Crippen molar-refractivity contribution in [1.29, 1.82) is 0 Å². The lowest BCUT2D eigenvalue weighted by Gasteiger charge is -2.05. The van der Waals surface area contributed by atoms with Gasteiger partial charge in [0.1, 0.15) is 5.75 Å². The van der Waals surface area contributed by atoms with Crippen LogP contribution >= 0.6 is 0 Å². The smallest absolute Gasteiger partial charge is 0.118 e. The van der Waals surface area contributed by atoms with Gasteiger partial charge in [0.05, 0.1) is 7.11 Å². The van der Waals surface area contributed by atoms with E-state index in [0.29, 0.717) is 0 Å². The zero-order valence-corrected chi connectivity index (χ0v) is 11.8. The molecule has 0 atom stereocenters. The maximum absolute atomic E-state index is 5.54. The molecule has 0 saturated heterocycles. The molecule has 0 aromatic heterocycles. The van der Waals surface area contributed by atoms with Crippen molar-refractivity contribution < 1.29 is 9.47 Å². The summed E-state index contributed by atoms with van der Waals surface area (Å²) in [6.07, 6.45) is 7.23. The van der Waals surface area contributed by atoms with Gasteiger partial charge in [-0.15, -0.1) is 0 Å². The summed E-state index contributed by atoms with van der Waals surface area (Å²) in [5.74, 6) is 0.933. The van der Waals surface area contributed by atoms with E-state index in [1.807, 2.05) is 12.1 Å². The molecule has 0 radical (unpaired) electrons. The van der Waals surface area contributed by atoms with Crippen LogP contribution in [-0.4, -0.2) is 20.3 Å². The Labute approximate surface area is 111 Å². The van der Waals surface area contributed by atoms with Crippen molar-refractivity contribution in [3.63, 3.8) is 0 Å². The van der Waals surface area contributed by atoms with Gasteiger partial charge >= 0.3 is 0 Å². The monoisotopic (exact) mass is 250 g/mol. The zero-order chi connectivity index (χ0) is 13.1. The Kier molecular flexibility index (Phi) is 8.32. The standard InChI is InChI=1S/C16H26O2/c1-3-4-13-18-14-7-5-6-8-15-9-11-16(17-2)12-10-15/h9-12H,3-8,13-14H2,1-2H3. The summed E-state index contributed by atoms with van der Waals surface area (Å²) in [4.78, 5) is 0. The highest BCUT2D eigenvalue weighted by Gasteiger charge is 1.95. The first-order valence-electron chi connectivity index (χ1n) is 7.07. The normalized spacial score (nSPS) is 10.6. The van der Waals surface area contributed by atoms with Crippen LogP contribution in [-0.2, 0) is 11.2 Å².